The van der Waals surface area contributed by atoms with Crippen molar-refractivity contribution >= 4 is 37.1 Å². The molecule has 3 rings (SSSR count). The summed E-state index contributed by atoms with van der Waals surface area (Å²) in [6, 6.07) is 23.7. The molecule has 0 aliphatic rings. The number of amides is 1. The van der Waals surface area contributed by atoms with Crippen molar-refractivity contribution in [2.75, 3.05) is 28.4 Å². The van der Waals surface area contributed by atoms with Crippen LogP contribution in [0.3, 0.4) is 0 Å². The molecule has 0 radical (unpaired) electrons. The third-order valence-corrected chi connectivity index (χ3v) is 9.63. The van der Waals surface area contributed by atoms with E-state index in [-0.39, 0.29) is 6.42 Å². The molecule has 0 saturated heterocycles. The highest BCUT2D eigenvalue weighted by atomic mass is 35.5. The van der Waals surface area contributed by atoms with Crippen molar-refractivity contribution in [3.8, 4) is 5.75 Å². The summed E-state index contributed by atoms with van der Waals surface area (Å²) < 4.78 is 45.9. The second-order valence-electron chi connectivity index (χ2n) is 11.3. The number of hydrogen-bond donors (Lipinski definition) is 1. The molecular formula is C34H43ClNO8PS. The van der Waals surface area contributed by atoms with E-state index in [1.807, 2.05) is 72.8 Å². The van der Waals surface area contributed by atoms with Crippen molar-refractivity contribution in [3.63, 3.8) is 0 Å². The fraction of sp³-hybridized carbons (Fsp3) is 0.382. The number of carbonyl (C=O) groups excluding carboxylic acids is 1. The largest absolute Gasteiger partial charge is 0.489 e. The molecule has 0 aliphatic carbocycles. The van der Waals surface area contributed by atoms with Gasteiger partial charge in [0, 0.05) is 49.1 Å². The molecular weight excluding hydrogens is 649 g/mol. The number of ether oxygens (including phenoxy) is 4. The molecule has 0 aromatic heterocycles. The van der Waals surface area contributed by atoms with Gasteiger partial charge >= 0.3 is 13.7 Å². The Bertz CT molecular complexity index is 1490. The summed E-state index contributed by atoms with van der Waals surface area (Å²) in [6.45, 7) is 5.75. The lowest BCUT2D eigenvalue weighted by atomic mass is 9.90. The average Bonchev–Trinajstić information content (AvgIpc) is 3.02. The van der Waals surface area contributed by atoms with Gasteiger partial charge in [-0.15, -0.1) is 0 Å². The number of benzene rings is 3. The Hall–Kier alpha value is -2.82. The normalized spacial score (nSPS) is 13.5. The van der Waals surface area contributed by atoms with Crippen LogP contribution in [0, 0.1) is 0 Å². The summed E-state index contributed by atoms with van der Waals surface area (Å²) in [5.41, 5.74) is -0.205. The highest BCUT2D eigenvalue weighted by molar-refractivity contribution is 7.99. The standard InChI is InChI=1S/C34H43ClNO8PS/c1-33(2,3)44-32(37)36-34(31(39-4)40-5,20-21-45(38,41-6)42-7)19-18-26-16-17-29(23-30(26)35)46-28-15-11-14-27(22-28)43-24-25-12-9-8-10-13-25/h8-17,20-23,31H,18-19,24H2,1-7H3,(H,36,37). The second-order valence-corrected chi connectivity index (χ2v) is 15.0. The van der Waals surface area contributed by atoms with Gasteiger partial charge in [-0.25, -0.2) is 4.79 Å². The fourth-order valence-corrected chi connectivity index (χ4v) is 6.60. The first-order valence-electron chi connectivity index (χ1n) is 14.6. The molecule has 1 N–H and O–H groups in total. The highest BCUT2D eigenvalue weighted by Crippen LogP contribution is 2.49. The maximum atomic E-state index is 13.1. The summed E-state index contributed by atoms with van der Waals surface area (Å²) >= 11 is 8.36. The molecule has 0 saturated carbocycles. The van der Waals surface area contributed by atoms with Crippen LogP contribution in [0.5, 0.6) is 5.75 Å². The minimum atomic E-state index is -3.61. The van der Waals surface area contributed by atoms with Gasteiger partial charge in [-0.1, -0.05) is 65.8 Å². The number of nitrogens with one attached hydrogen (secondary N) is 1. The molecule has 0 spiro atoms. The number of hydrogen-bond acceptors (Lipinski definition) is 9. The van der Waals surface area contributed by atoms with E-state index in [0.29, 0.717) is 18.1 Å². The molecule has 3 aromatic carbocycles. The van der Waals surface area contributed by atoms with Crippen LogP contribution in [0.25, 0.3) is 0 Å². The number of carbonyl (C=O) groups is 1. The van der Waals surface area contributed by atoms with E-state index in [2.05, 4.69) is 5.32 Å². The van der Waals surface area contributed by atoms with Crippen LogP contribution in [0.15, 0.2) is 94.5 Å². The Morgan fingerprint density at radius 1 is 0.935 bits per heavy atom. The van der Waals surface area contributed by atoms with Crippen LogP contribution in [0.2, 0.25) is 5.02 Å². The molecule has 1 atom stereocenters. The van der Waals surface area contributed by atoms with Crippen LogP contribution in [0.4, 0.5) is 4.79 Å². The third kappa shape index (κ3) is 11.5. The Balaban J connectivity index is 1.83. The van der Waals surface area contributed by atoms with Gasteiger partial charge in [0.05, 0.1) is 0 Å². The van der Waals surface area contributed by atoms with Crippen LogP contribution >= 0.6 is 31.0 Å². The first-order valence-corrected chi connectivity index (χ1v) is 17.4. The average molecular weight is 692 g/mol. The Morgan fingerprint density at radius 2 is 1.61 bits per heavy atom. The van der Waals surface area contributed by atoms with Gasteiger partial charge in [0.15, 0.2) is 6.29 Å². The predicted molar refractivity (Wildman–Crippen MR) is 182 cm³/mol. The van der Waals surface area contributed by atoms with Gasteiger partial charge in [-0.05, 0) is 81.1 Å². The first-order chi connectivity index (χ1) is 21.8. The quantitative estimate of drug-likeness (QED) is 0.117. The molecule has 9 nitrogen and oxygen atoms in total. The van der Waals surface area contributed by atoms with Crippen molar-refractivity contribution in [2.24, 2.45) is 0 Å². The van der Waals surface area contributed by atoms with Gasteiger partial charge in [0.2, 0.25) is 0 Å². The third-order valence-electron chi connectivity index (χ3n) is 6.77. The van der Waals surface area contributed by atoms with E-state index in [4.69, 9.17) is 39.6 Å². The Morgan fingerprint density at radius 3 is 2.22 bits per heavy atom. The summed E-state index contributed by atoms with van der Waals surface area (Å²) in [6.07, 6.45) is 0.417. The molecule has 0 aliphatic heterocycles. The van der Waals surface area contributed by atoms with Gasteiger partial charge < -0.3 is 33.3 Å². The molecule has 46 heavy (non-hydrogen) atoms. The van der Waals surface area contributed by atoms with E-state index in [0.717, 1.165) is 26.7 Å². The van der Waals surface area contributed by atoms with Crippen molar-refractivity contribution in [2.45, 2.75) is 67.4 Å². The summed E-state index contributed by atoms with van der Waals surface area (Å²) in [4.78, 5) is 15.0. The van der Waals surface area contributed by atoms with Gasteiger partial charge in [-0.3, -0.25) is 4.57 Å². The SMILES string of the molecule is COC(OC)C(C=CP(=O)(OC)OC)(CCc1ccc(Sc2cccc(OCc3ccccc3)c2)cc1Cl)NC(=O)OC(C)(C)C. The molecule has 1 amide bonds. The Labute approximate surface area is 281 Å². The van der Waals surface area contributed by atoms with Crippen LogP contribution in [-0.4, -0.2) is 52.0 Å². The van der Waals surface area contributed by atoms with Gasteiger partial charge in [0.1, 0.15) is 23.5 Å². The zero-order chi connectivity index (χ0) is 33.8. The lowest BCUT2D eigenvalue weighted by Gasteiger charge is -2.38. The van der Waals surface area contributed by atoms with Crippen molar-refractivity contribution in [1.82, 2.24) is 5.32 Å². The van der Waals surface area contributed by atoms with E-state index >= 15 is 0 Å². The van der Waals surface area contributed by atoms with Crippen molar-refractivity contribution in [3.05, 3.63) is 101 Å². The summed E-state index contributed by atoms with van der Waals surface area (Å²) in [5, 5.41) is 3.42. The van der Waals surface area contributed by atoms with Crippen LogP contribution < -0.4 is 10.1 Å². The molecule has 0 fully saturated rings. The Kier molecular flexibility index (Phi) is 14.2. The van der Waals surface area contributed by atoms with Crippen molar-refractivity contribution in [1.29, 1.82) is 0 Å². The van der Waals surface area contributed by atoms with E-state index in [1.54, 1.807) is 32.5 Å². The number of aryl methyl sites for hydroxylation is 1. The molecule has 250 valence electrons. The second kappa shape index (κ2) is 17.4. The van der Waals surface area contributed by atoms with Gasteiger partial charge in [-0.2, -0.15) is 0 Å². The molecule has 1 unspecified atom stereocenters. The number of methoxy groups -OCH3 is 2. The summed E-state index contributed by atoms with van der Waals surface area (Å²) in [7, 11) is 1.82. The smallest absolute Gasteiger partial charge is 0.408 e. The molecule has 12 heteroatoms. The lowest BCUT2D eigenvalue weighted by molar-refractivity contribution is -0.144. The van der Waals surface area contributed by atoms with E-state index in [1.165, 1.54) is 40.3 Å². The maximum absolute atomic E-state index is 13.1. The minimum Gasteiger partial charge on any atom is -0.489 e. The predicted octanol–water partition coefficient (Wildman–Crippen LogP) is 8.88. The fourth-order valence-electron chi connectivity index (χ4n) is 4.51. The number of alkyl carbamates (subject to hydrolysis) is 1. The maximum Gasteiger partial charge on any atom is 0.408 e. The van der Waals surface area contributed by atoms with Crippen LogP contribution in [-0.2, 0) is 40.9 Å². The van der Waals surface area contributed by atoms with Crippen LogP contribution in [0.1, 0.15) is 38.3 Å². The molecule has 0 bridgehead atoms. The minimum absolute atomic E-state index is 0.232. The molecule has 3 aromatic rings. The first kappa shape index (κ1) is 37.6. The number of rotatable bonds is 16. The lowest BCUT2D eigenvalue weighted by Crippen LogP contribution is -2.57. The monoisotopic (exact) mass is 691 g/mol. The zero-order valence-electron chi connectivity index (χ0n) is 27.3. The zero-order valence-corrected chi connectivity index (χ0v) is 29.7. The van der Waals surface area contributed by atoms with Crippen molar-refractivity contribution < 1.29 is 37.4 Å². The highest BCUT2D eigenvalue weighted by Gasteiger charge is 2.41. The van der Waals surface area contributed by atoms with Gasteiger partial charge in [0.25, 0.3) is 0 Å². The summed E-state index contributed by atoms with van der Waals surface area (Å²) in [5.74, 6) is 2.05. The van der Waals surface area contributed by atoms with E-state index < -0.39 is 31.1 Å². The topological polar surface area (TPSA) is 102 Å². The number of halogens is 1. The van der Waals surface area contributed by atoms with E-state index in [9.17, 15) is 9.36 Å². The molecule has 0 heterocycles.